The number of imidazole rings is 1. The van der Waals surface area contributed by atoms with Gasteiger partial charge in [-0.2, -0.15) is 0 Å². The Bertz CT molecular complexity index is 870. The molecule has 132 valence electrons. The van der Waals surface area contributed by atoms with Gasteiger partial charge in [-0.15, -0.1) is 0 Å². The average Bonchev–Trinajstić information content (AvgIpc) is 2.86. The van der Waals surface area contributed by atoms with E-state index in [1.54, 1.807) is 0 Å². The number of fused-ring (bicyclic) bond motifs is 1. The fourth-order valence-corrected chi connectivity index (χ4v) is 3.26. The minimum Gasteiger partial charge on any atom is -0.389 e. The summed E-state index contributed by atoms with van der Waals surface area (Å²) in [5.41, 5.74) is 2.30. The number of hydrogen-bond donors (Lipinski definition) is 1. The van der Waals surface area contributed by atoms with E-state index in [2.05, 4.69) is 41.0 Å². The van der Waals surface area contributed by atoms with Crippen molar-refractivity contribution in [3.05, 3.63) is 54.0 Å². The zero-order valence-electron chi connectivity index (χ0n) is 15.4. The summed E-state index contributed by atoms with van der Waals surface area (Å²) in [4.78, 5) is 4.74. The van der Waals surface area contributed by atoms with E-state index in [0.717, 1.165) is 22.8 Å². The highest BCUT2D eigenvalue weighted by Gasteiger charge is 2.23. The van der Waals surface area contributed by atoms with Crippen LogP contribution in [-0.2, 0) is 17.9 Å². The first-order chi connectivity index (χ1) is 11.9. The van der Waals surface area contributed by atoms with E-state index in [4.69, 9.17) is 9.72 Å². The Morgan fingerprint density at radius 3 is 2.56 bits per heavy atom. The SMILES string of the molecule is CCOCc1nc(C)c(-c2cccc3ccccc23)n1CC(C)(C)O. The van der Waals surface area contributed by atoms with Crippen molar-refractivity contribution >= 4 is 10.8 Å². The second kappa shape index (κ2) is 6.98. The maximum absolute atomic E-state index is 10.4. The van der Waals surface area contributed by atoms with Crippen molar-refractivity contribution in [3.8, 4) is 11.3 Å². The van der Waals surface area contributed by atoms with Crippen LogP contribution in [-0.4, -0.2) is 26.9 Å². The third-order valence-corrected chi connectivity index (χ3v) is 4.25. The van der Waals surface area contributed by atoms with Crippen LogP contribution in [0.5, 0.6) is 0 Å². The van der Waals surface area contributed by atoms with Crippen molar-refractivity contribution in [1.29, 1.82) is 0 Å². The molecule has 0 aliphatic rings. The Labute approximate surface area is 149 Å². The first kappa shape index (κ1) is 17.6. The second-order valence-electron chi connectivity index (χ2n) is 7.02. The molecule has 2 aromatic carbocycles. The summed E-state index contributed by atoms with van der Waals surface area (Å²) in [5.74, 6) is 0.851. The Morgan fingerprint density at radius 1 is 1.12 bits per heavy atom. The molecule has 0 spiro atoms. The standard InChI is InChI=1S/C21H26N2O2/c1-5-25-13-19-22-15(2)20(23(19)14-21(3,4)24)18-12-8-10-16-9-6-7-11-17(16)18/h6-12,24H,5,13-14H2,1-4H3. The van der Waals surface area contributed by atoms with Gasteiger partial charge in [-0.05, 0) is 38.5 Å². The maximum Gasteiger partial charge on any atom is 0.135 e. The van der Waals surface area contributed by atoms with Crippen LogP contribution in [0.2, 0.25) is 0 Å². The highest BCUT2D eigenvalue weighted by molar-refractivity contribution is 5.96. The van der Waals surface area contributed by atoms with Crippen LogP contribution in [0, 0.1) is 6.92 Å². The van der Waals surface area contributed by atoms with E-state index in [-0.39, 0.29) is 0 Å². The minimum absolute atomic E-state index is 0.443. The Morgan fingerprint density at radius 2 is 1.84 bits per heavy atom. The lowest BCUT2D eigenvalue weighted by molar-refractivity contribution is 0.0574. The number of aromatic nitrogens is 2. The molecule has 0 saturated carbocycles. The summed E-state index contributed by atoms with van der Waals surface area (Å²) in [7, 11) is 0. The molecular formula is C21H26N2O2. The first-order valence-electron chi connectivity index (χ1n) is 8.75. The number of aliphatic hydroxyl groups is 1. The number of nitrogens with zero attached hydrogens (tertiary/aromatic N) is 2. The number of rotatable bonds is 6. The van der Waals surface area contributed by atoms with E-state index in [0.29, 0.717) is 19.8 Å². The third-order valence-electron chi connectivity index (χ3n) is 4.25. The van der Waals surface area contributed by atoms with Crippen molar-refractivity contribution < 1.29 is 9.84 Å². The quantitative estimate of drug-likeness (QED) is 0.728. The van der Waals surface area contributed by atoms with Crippen molar-refractivity contribution in [1.82, 2.24) is 9.55 Å². The molecule has 3 rings (SSSR count). The van der Waals surface area contributed by atoms with Gasteiger partial charge in [-0.25, -0.2) is 4.98 Å². The molecule has 0 aliphatic heterocycles. The Hall–Kier alpha value is -2.17. The molecule has 3 aromatic rings. The maximum atomic E-state index is 10.4. The summed E-state index contributed by atoms with van der Waals surface area (Å²) in [6, 6.07) is 14.7. The Kier molecular flexibility index (Phi) is 4.93. The fraction of sp³-hybridized carbons (Fsp3) is 0.381. The lowest BCUT2D eigenvalue weighted by atomic mass is 10.0. The molecule has 0 amide bonds. The molecule has 0 unspecified atom stereocenters. The molecular weight excluding hydrogens is 312 g/mol. The van der Waals surface area contributed by atoms with Gasteiger partial charge in [0.2, 0.25) is 0 Å². The zero-order valence-corrected chi connectivity index (χ0v) is 15.4. The van der Waals surface area contributed by atoms with Crippen LogP contribution in [0.4, 0.5) is 0 Å². The predicted molar refractivity (Wildman–Crippen MR) is 102 cm³/mol. The predicted octanol–water partition coefficient (Wildman–Crippen LogP) is 4.32. The normalized spacial score (nSPS) is 12.0. The number of aryl methyl sites for hydroxylation is 1. The van der Waals surface area contributed by atoms with Gasteiger partial charge in [0, 0.05) is 12.2 Å². The Balaban J connectivity index is 2.21. The molecule has 4 heteroatoms. The number of benzene rings is 2. The fourth-order valence-electron chi connectivity index (χ4n) is 3.26. The van der Waals surface area contributed by atoms with Crippen molar-refractivity contribution in [2.45, 2.75) is 46.4 Å². The minimum atomic E-state index is -0.840. The molecule has 0 atom stereocenters. The summed E-state index contributed by atoms with van der Waals surface area (Å²) < 4.78 is 7.71. The van der Waals surface area contributed by atoms with Crippen LogP contribution >= 0.6 is 0 Å². The summed E-state index contributed by atoms with van der Waals surface area (Å²) in [5, 5.41) is 12.8. The van der Waals surface area contributed by atoms with Crippen molar-refractivity contribution in [2.75, 3.05) is 6.61 Å². The van der Waals surface area contributed by atoms with Crippen LogP contribution in [0.15, 0.2) is 42.5 Å². The lowest BCUT2D eigenvalue weighted by Crippen LogP contribution is -2.27. The molecule has 1 heterocycles. The second-order valence-corrected chi connectivity index (χ2v) is 7.02. The highest BCUT2D eigenvalue weighted by Crippen LogP contribution is 2.32. The molecule has 0 aliphatic carbocycles. The largest absolute Gasteiger partial charge is 0.389 e. The molecule has 25 heavy (non-hydrogen) atoms. The van der Waals surface area contributed by atoms with Crippen LogP contribution in [0.1, 0.15) is 32.3 Å². The molecule has 1 N–H and O–H groups in total. The smallest absolute Gasteiger partial charge is 0.135 e. The van der Waals surface area contributed by atoms with Crippen LogP contribution < -0.4 is 0 Å². The number of ether oxygens (including phenoxy) is 1. The van der Waals surface area contributed by atoms with Crippen LogP contribution in [0.25, 0.3) is 22.0 Å². The lowest BCUT2D eigenvalue weighted by Gasteiger charge is -2.22. The zero-order chi connectivity index (χ0) is 18.0. The van der Waals surface area contributed by atoms with E-state index >= 15 is 0 Å². The van der Waals surface area contributed by atoms with Gasteiger partial charge in [-0.3, -0.25) is 0 Å². The van der Waals surface area contributed by atoms with Gasteiger partial charge in [0.1, 0.15) is 12.4 Å². The molecule has 0 bridgehead atoms. The molecule has 0 fully saturated rings. The van der Waals surface area contributed by atoms with E-state index in [1.165, 1.54) is 10.8 Å². The number of hydrogen-bond acceptors (Lipinski definition) is 3. The molecule has 0 saturated heterocycles. The summed E-state index contributed by atoms with van der Waals surface area (Å²) >= 11 is 0. The van der Waals surface area contributed by atoms with Crippen molar-refractivity contribution in [3.63, 3.8) is 0 Å². The summed E-state index contributed by atoms with van der Waals surface area (Å²) in [6.45, 7) is 9.18. The molecule has 0 radical (unpaired) electrons. The van der Waals surface area contributed by atoms with Gasteiger partial charge >= 0.3 is 0 Å². The monoisotopic (exact) mass is 338 g/mol. The van der Waals surface area contributed by atoms with Gasteiger partial charge in [0.05, 0.1) is 23.5 Å². The first-order valence-corrected chi connectivity index (χ1v) is 8.75. The van der Waals surface area contributed by atoms with Crippen molar-refractivity contribution in [2.24, 2.45) is 0 Å². The van der Waals surface area contributed by atoms with E-state index in [9.17, 15) is 5.11 Å². The van der Waals surface area contributed by atoms with Gasteiger partial charge in [0.15, 0.2) is 0 Å². The summed E-state index contributed by atoms with van der Waals surface area (Å²) in [6.07, 6.45) is 0. The van der Waals surface area contributed by atoms with E-state index < -0.39 is 5.60 Å². The average molecular weight is 338 g/mol. The topological polar surface area (TPSA) is 47.3 Å². The highest BCUT2D eigenvalue weighted by atomic mass is 16.5. The van der Waals surface area contributed by atoms with Gasteiger partial charge in [-0.1, -0.05) is 42.5 Å². The van der Waals surface area contributed by atoms with Gasteiger partial charge in [0.25, 0.3) is 0 Å². The van der Waals surface area contributed by atoms with Gasteiger partial charge < -0.3 is 14.4 Å². The molecule has 4 nitrogen and oxygen atoms in total. The third kappa shape index (κ3) is 3.75. The molecule has 1 aromatic heterocycles. The van der Waals surface area contributed by atoms with Crippen LogP contribution in [0.3, 0.4) is 0 Å². The van der Waals surface area contributed by atoms with E-state index in [1.807, 2.05) is 33.8 Å².